The lowest BCUT2D eigenvalue weighted by molar-refractivity contribution is 0.148. The molecule has 1 aliphatic rings. The lowest BCUT2D eigenvalue weighted by atomic mass is 9.77. The first-order chi connectivity index (χ1) is 9.48. The fourth-order valence-electron chi connectivity index (χ4n) is 2.46. The second-order valence-corrected chi connectivity index (χ2v) is 10.9. The van der Waals surface area contributed by atoms with Gasteiger partial charge in [0.25, 0.3) is 0 Å². The van der Waals surface area contributed by atoms with Crippen LogP contribution in [0, 0.1) is 11.3 Å². The van der Waals surface area contributed by atoms with E-state index in [1.54, 1.807) is 0 Å². The zero-order valence-corrected chi connectivity index (χ0v) is 15.1. The van der Waals surface area contributed by atoms with Crippen LogP contribution in [-0.4, -0.2) is 52.3 Å². The smallest absolute Gasteiger partial charge is 0.214 e. The predicted octanol–water partition coefficient (Wildman–Crippen LogP) is 1.01. The molecule has 0 bridgehead atoms. The minimum Gasteiger partial charge on any atom is -0.214 e. The topological polar surface area (TPSA) is 83.5 Å². The van der Waals surface area contributed by atoms with Crippen LogP contribution >= 0.6 is 0 Å². The van der Waals surface area contributed by atoms with Crippen LogP contribution in [0.15, 0.2) is 0 Å². The highest BCUT2D eigenvalue weighted by atomic mass is 32.2. The van der Waals surface area contributed by atoms with Gasteiger partial charge in [-0.3, -0.25) is 0 Å². The van der Waals surface area contributed by atoms with Crippen LogP contribution < -0.4 is 4.72 Å². The lowest BCUT2D eigenvalue weighted by Gasteiger charge is -2.39. The van der Waals surface area contributed by atoms with E-state index in [0.717, 1.165) is 12.8 Å². The van der Waals surface area contributed by atoms with Crippen LogP contribution in [0.2, 0.25) is 0 Å². The Labute approximate surface area is 129 Å². The van der Waals surface area contributed by atoms with Gasteiger partial charge in [0.1, 0.15) is 0 Å². The van der Waals surface area contributed by atoms with E-state index in [1.165, 1.54) is 11.2 Å². The van der Waals surface area contributed by atoms with E-state index in [9.17, 15) is 16.8 Å². The van der Waals surface area contributed by atoms with E-state index >= 15 is 0 Å². The number of hydrogen-bond acceptors (Lipinski definition) is 4. The summed E-state index contributed by atoms with van der Waals surface area (Å²) in [6.07, 6.45) is 1.90. The third kappa shape index (κ3) is 5.84. The van der Waals surface area contributed by atoms with E-state index in [4.69, 9.17) is 0 Å². The van der Waals surface area contributed by atoms with Crippen molar-refractivity contribution in [1.82, 2.24) is 9.03 Å². The molecule has 1 saturated heterocycles. The molecule has 0 spiro atoms. The van der Waals surface area contributed by atoms with Gasteiger partial charge in [-0.2, -0.15) is 0 Å². The predicted molar refractivity (Wildman–Crippen MR) is 85.0 cm³/mol. The normalized spacial score (nSPS) is 22.4. The molecule has 126 valence electrons. The van der Waals surface area contributed by atoms with Gasteiger partial charge in [-0.1, -0.05) is 20.8 Å². The van der Waals surface area contributed by atoms with Crippen molar-refractivity contribution in [2.75, 3.05) is 31.1 Å². The number of nitrogens with zero attached hydrogens (tertiary/aromatic N) is 1. The van der Waals surface area contributed by atoms with Crippen LogP contribution in [0.5, 0.6) is 0 Å². The van der Waals surface area contributed by atoms with Crippen molar-refractivity contribution < 1.29 is 16.8 Å². The number of piperidine rings is 1. The Hall–Kier alpha value is -0.180. The molecule has 0 aromatic carbocycles. The molecule has 1 fully saturated rings. The lowest BCUT2D eigenvalue weighted by Crippen LogP contribution is -2.45. The van der Waals surface area contributed by atoms with E-state index in [-0.39, 0.29) is 23.5 Å². The average molecular weight is 341 g/mol. The molecule has 8 heteroatoms. The monoisotopic (exact) mass is 340 g/mol. The van der Waals surface area contributed by atoms with Crippen LogP contribution in [0.25, 0.3) is 0 Å². The first kappa shape index (κ1) is 18.9. The Morgan fingerprint density at radius 1 is 1.19 bits per heavy atom. The van der Waals surface area contributed by atoms with Crippen LogP contribution in [0.4, 0.5) is 0 Å². The number of rotatable bonds is 6. The third-order valence-corrected chi connectivity index (χ3v) is 7.31. The molecule has 6 nitrogen and oxygen atoms in total. The van der Waals surface area contributed by atoms with Crippen molar-refractivity contribution in [2.45, 2.75) is 40.5 Å². The molecule has 0 unspecified atom stereocenters. The summed E-state index contributed by atoms with van der Waals surface area (Å²) in [5, 5.41) is 0. The fraction of sp³-hybridized carbons (Fsp3) is 1.00. The first-order valence-corrected chi connectivity index (χ1v) is 10.7. The molecular formula is C13H28N2O4S2. The molecule has 21 heavy (non-hydrogen) atoms. The maximum absolute atomic E-state index is 12.3. The summed E-state index contributed by atoms with van der Waals surface area (Å²) in [5.41, 5.74) is 0.0813. The minimum atomic E-state index is -3.40. The maximum atomic E-state index is 12.3. The number of nitrogens with one attached hydrogen (secondary N) is 1. The largest absolute Gasteiger partial charge is 0.215 e. The number of sulfonamides is 2. The zero-order chi connectivity index (χ0) is 16.3. The number of hydrogen-bond donors (Lipinski definition) is 1. The highest BCUT2D eigenvalue weighted by Crippen LogP contribution is 2.34. The van der Waals surface area contributed by atoms with Crippen LogP contribution in [-0.2, 0) is 20.0 Å². The quantitative estimate of drug-likeness (QED) is 0.782. The molecule has 1 aliphatic heterocycles. The third-order valence-electron chi connectivity index (χ3n) is 4.06. The van der Waals surface area contributed by atoms with Crippen molar-refractivity contribution in [1.29, 1.82) is 0 Å². The van der Waals surface area contributed by atoms with Gasteiger partial charge in [0.15, 0.2) is 0 Å². The molecule has 0 saturated carbocycles. The molecule has 1 heterocycles. The van der Waals surface area contributed by atoms with Crippen molar-refractivity contribution in [2.24, 2.45) is 11.3 Å². The van der Waals surface area contributed by atoms with Gasteiger partial charge < -0.3 is 0 Å². The molecule has 1 rings (SSSR count). The highest BCUT2D eigenvalue weighted by molar-refractivity contribution is 7.90. The average Bonchev–Trinajstić information content (AvgIpc) is 2.37. The molecular weight excluding hydrogens is 312 g/mol. The van der Waals surface area contributed by atoms with Crippen LogP contribution in [0.1, 0.15) is 40.5 Å². The molecule has 0 radical (unpaired) electrons. The molecule has 1 N–H and O–H groups in total. The summed E-state index contributed by atoms with van der Waals surface area (Å²) in [6.45, 7) is 8.92. The molecule has 0 aliphatic carbocycles. The molecule has 0 aromatic rings. The van der Waals surface area contributed by atoms with Gasteiger partial charge in [0, 0.05) is 19.6 Å². The molecule has 1 atom stereocenters. The van der Waals surface area contributed by atoms with Crippen molar-refractivity contribution in [3.63, 3.8) is 0 Å². The fourth-order valence-corrected chi connectivity index (χ4v) is 4.64. The first-order valence-electron chi connectivity index (χ1n) is 7.43. The maximum Gasteiger partial charge on any atom is 0.215 e. The van der Waals surface area contributed by atoms with Crippen LogP contribution in [0.3, 0.4) is 0 Å². The minimum absolute atomic E-state index is 0.0388. The second-order valence-electron chi connectivity index (χ2n) is 6.68. The second kappa shape index (κ2) is 6.93. The standard InChI is InChI=1S/C13H28N2O4S2/c1-5-20(16,17)14-8-10-21(18,19)15-9-6-7-12(11-15)13(2,3)4/h12,14H,5-11H2,1-4H3/t12-/m0/s1. The van der Waals surface area contributed by atoms with E-state index in [1.807, 2.05) is 0 Å². The van der Waals surface area contributed by atoms with E-state index in [0.29, 0.717) is 19.0 Å². The van der Waals surface area contributed by atoms with Crippen molar-refractivity contribution in [3.05, 3.63) is 0 Å². The summed E-state index contributed by atoms with van der Waals surface area (Å²) < 4.78 is 51.1. The van der Waals surface area contributed by atoms with Gasteiger partial charge in [-0.05, 0) is 31.1 Å². The highest BCUT2D eigenvalue weighted by Gasteiger charge is 2.34. The van der Waals surface area contributed by atoms with E-state index < -0.39 is 20.0 Å². The van der Waals surface area contributed by atoms with Gasteiger partial charge in [0.2, 0.25) is 20.0 Å². The van der Waals surface area contributed by atoms with Crippen molar-refractivity contribution >= 4 is 20.0 Å². The van der Waals surface area contributed by atoms with Gasteiger partial charge in [-0.25, -0.2) is 25.9 Å². The summed E-state index contributed by atoms with van der Waals surface area (Å²) in [5.74, 6) is 0.125. The summed E-state index contributed by atoms with van der Waals surface area (Å²) >= 11 is 0. The Balaban J connectivity index is 2.62. The van der Waals surface area contributed by atoms with Gasteiger partial charge >= 0.3 is 0 Å². The zero-order valence-electron chi connectivity index (χ0n) is 13.4. The Kier molecular flexibility index (Phi) is 6.23. The Morgan fingerprint density at radius 3 is 2.33 bits per heavy atom. The van der Waals surface area contributed by atoms with Gasteiger partial charge in [-0.15, -0.1) is 0 Å². The SMILES string of the molecule is CCS(=O)(=O)NCCS(=O)(=O)N1CCC[C@H](C(C)(C)C)C1. The summed E-state index contributed by atoms with van der Waals surface area (Å²) in [7, 11) is -6.74. The van der Waals surface area contributed by atoms with Crippen molar-refractivity contribution in [3.8, 4) is 0 Å². The van der Waals surface area contributed by atoms with E-state index in [2.05, 4.69) is 25.5 Å². The summed E-state index contributed by atoms with van der Waals surface area (Å²) in [4.78, 5) is 0. The Morgan fingerprint density at radius 2 is 1.81 bits per heavy atom. The Bertz CT molecular complexity index is 535. The van der Waals surface area contributed by atoms with Gasteiger partial charge in [0.05, 0.1) is 11.5 Å². The molecule has 0 aromatic heterocycles. The molecule has 0 amide bonds. The summed E-state index contributed by atoms with van der Waals surface area (Å²) in [6, 6.07) is 0.